The first-order valence-electron chi connectivity index (χ1n) is 3.61. The molecule has 0 aliphatic rings. The van der Waals surface area contributed by atoms with Gasteiger partial charge in [0.25, 0.3) is 0 Å². The third-order valence-electron chi connectivity index (χ3n) is 1.63. The van der Waals surface area contributed by atoms with Crippen LogP contribution >= 0.6 is 11.8 Å². The molecular weight excluding hydrogens is 194 g/mol. The first-order valence-corrected chi connectivity index (χ1v) is 4.83. The van der Waals surface area contributed by atoms with E-state index in [0.29, 0.717) is 0 Å². The Morgan fingerprint density at radius 1 is 1.38 bits per heavy atom. The van der Waals surface area contributed by atoms with Gasteiger partial charge in [-0.1, -0.05) is 0 Å². The van der Waals surface area contributed by atoms with E-state index in [-0.39, 0.29) is 4.90 Å². The normalized spacial score (nSPS) is 10.2. The van der Waals surface area contributed by atoms with Crippen LogP contribution in [0.1, 0.15) is 17.3 Å². The van der Waals surface area contributed by atoms with E-state index in [1.54, 1.807) is 6.26 Å². The lowest BCUT2D eigenvalue weighted by Gasteiger charge is -2.04. The number of hydrogen-bond acceptors (Lipinski definition) is 2. The van der Waals surface area contributed by atoms with Crippen molar-refractivity contribution in [2.24, 2.45) is 0 Å². The topological polar surface area (TPSA) is 17.1 Å². The van der Waals surface area contributed by atoms with Crippen molar-refractivity contribution in [1.29, 1.82) is 0 Å². The maximum absolute atomic E-state index is 13.3. The molecular formula is C9H8F2OS. The Bertz CT molecular complexity index is 350. The maximum atomic E-state index is 13.3. The van der Waals surface area contributed by atoms with Gasteiger partial charge in [0.05, 0.1) is 5.56 Å². The number of ketones is 1. The molecule has 0 spiro atoms. The van der Waals surface area contributed by atoms with Crippen molar-refractivity contribution < 1.29 is 13.6 Å². The highest BCUT2D eigenvalue weighted by Crippen LogP contribution is 2.24. The van der Waals surface area contributed by atoms with Gasteiger partial charge in [-0.25, -0.2) is 8.78 Å². The minimum atomic E-state index is -0.803. The molecule has 0 saturated heterocycles. The molecule has 0 heterocycles. The number of carbonyl (C=O) groups excluding carboxylic acids is 1. The number of benzene rings is 1. The van der Waals surface area contributed by atoms with Crippen LogP contribution in [0.4, 0.5) is 8.78 Å². The highest BCUT2D eigenvalue weighted by Gasteiger charge is 2.16. The quantitative estimate of drug-likeness (QED) is 0.541. The molecule has 0 fully saturated rings. The average Bonchev–Trinajstić information content (AvgIpc) is 2.04. The summed E-state index contributed by atoms with van der Waals surface area (Å²) in [6.07, 6.45) is 1.67. The number of rotatable bonds is 2. The largest absolute Gasteiger partial charge is 0.294 e. The summed E-state index contributed by atoms with van der Waals surface area (Å²) in [5.74, 6) is -2.16. The van der Waals surface area contributed by atoms with E-state index in [9.17, 15) is 13.6 Å². The fraction of sp³-hybridized carbons (Fsp3) is 0.222. The molecule has 1 rings (SSSR count). The van der Waals surface area contributed by atoms with E-state index in [1.165, 1.54) is 6.07 Å². The van der Waals surface area contributed by atoms with Crippen molar-refractivity contribution in [3.63, 3.8) is 0 Å². The first-order chi connectivity index (χ1) is 6.07. The number of hydrogen-bond donors (Lipinski definition) is 0. The van der Waals surface area contributed by atoms with Gasteiger partial charge in [0.15, 0.2) is 5.78 Å². The smallest absolute Gasteiger partial charge is 0.165 e. The molecule has 0 saturated carbocycles. The second-order valence-electron chi connectivity index (χ2n) is 2.49. The second-order valence-corrected chi connectivity index (χ2v) is 3.34. The minimum absolute atomic E-state index is 0.284. The Kier molecular flexibility index (Phi) is 3.03. The van der Waals surface area contributed by atoms with Crippen LogP contribution in [0.25, 0.3) is 0 Å². The van der Waals surface area contributed by atoms with E-state index >= 15 is 0 Å². The van der Waals surface area contributed by atoms with Gasteiger partial charge < -0.3 is 0 Å². The zero-order valence-corrected chi connectivity index (χ0v) is 8.04. The Morgan fingerprint density at radius 3 is 2.46 bits per heavy atom. The van der Waals surface area contributed by atoms with E-state index in [0.717, 1.165) is 24.8 Å². The summed E-state index contributed by atoms with van der Waals surface area (Å²) in [4.78, 5) is 11.1. The molecule has 4 heteroatoms. The molecule has 1 nitrogen and oxygen atoms in total. The van der Waals surface area contributed by atoms with Crippen LogP contribution in [0.15, 0.2) is 17.0 Å². The predicted octanol–water partition coefficient (Wildman–Crippen LogP) is 2.89. The van der Waals surface area contributed by atoms with Gasteiger partial charge in [0, 0.05) is 4.90 Å². The molecule has 0 aliphatic carbocycles. The molecule has 0 amide bonds. The van der Waals surface area contributed by atoms with E-state index in [2.05, 4.69) is 0 Å². The SMILES string of the molecule is CSc1ccc(F)c(C(C)=O)c1F. The Hall–Kier alpha value is -0.900. The lowest BCUT2D eigenvalue weighted by atomic mass is 10.1. The van der Waals surface area contributed by atoms with Gasteiger partial charge in [-0.05, 0) is 25.3 Å². The lowest BCUT2D eigenvalue weighted by Crippen LogP contribution is -2.02. The molecule has 0 aromatic heterocycles. The van der Waals surface area contributed by atoms with Crippen LogP contribution in [0.2, 0.25) is 0 Å². The molecule has 1 aromatic rings. The van der Waals surface area contributed by atoms with E-state index in [1.807, 2.05) is 0 Å². The van der Waals surface area contributed by atoms with Crippen molar-refractivity contribution in [3.8, 4) is 0 Å². The summed E-state index contributed by atoms with van der Waals surface area (Å²) in [6, 6.07) is 2.42. The first kappa shape index (κ1) is 10.2. The predicted molar refractivity (Wildman–Crippen MR) is 48.1 cm³/mol. The van der Waals surface area contributed by atoms with Crippen LogP contribution in [0, 0.1) is 11.6 Å². The molecule has 0 atom stereocenters. The maximum Gasteiger partial charge on any atom is 0.165 e. The summed E-state index contributed by atoms with van der Waals surface area (Å²) in [6.45, 7) is 1.14. The molecule has 70 valence electrons. The number of halogens is 2. The zero-order chi connectivity index (χ0) is 10.0. The van der Waals surface area contributed by atoms with Crippen molar-refractivity contribution >= 4 is 17.5 Å². The summed E-state index contributed by atoms with van der Waals surface area (Å²) in [5, 5.41) is 0. The highest BCUT2D eigenvalue weighted by molar-refractivity contribution is 7.98. The van der Waals surface area contributed by atoms with Gasteiger partial charge in [0.1, 0.15) is 11.6 Å². The Labute approximate surface area is 79.1 Å². The monoisotopic (exact) mass is 202 g/mol. The van der Waals surface area contributed by atoms with E-state index < -0.39 is 23.0 Å². The minimum Gasteiger partial charge on any atom is -0.294 e. The average molecular weight is 202 g/mol. The highest BCUT2D eigenvalue weighted by atomic mass is 32.2. The van der Waals surface area contributed by atoms with Crippen LogP contribution in [-0.2, 0) is 0 Å². The summed E-state index contributed by atoms with van der Waals surface area (Å²) in [5.41, 5.74) is -0.452. The number of thioether (sulfide) groups is 1. The van der Waals surface area contributed by atoms with Gasteiger partial charge >= 0.3 is 0 Å². The van der Waals surface area contributed by atoms with Crippen LogP contribution in [0.3, 0.4) is 0 Å². The summed E-state index contributed by atoms with van der Waals surface area (Å²) >= 11 is 1.14. The molecule has 0 unspecified atom stereocenters. The summed E-state index contributed by atoms with van der Waals surface area (Å²) in [7, 11) is 0. The molecule has 0 N–H and O–H groups in total. The Balaban J connectivity index is 3.38. The zero-order valence-electron chi connectivity index (χ0n) is 7.23. The van der Waals surface area contributed by atoms with Crippen molar-refractivity contribution in [3.05, 3.63) is 29.3 Å². The van der Waals surface area contributed by atoms with Gasteiger partial charge in [0.2, 0.25) is 0 Å². The number of Topliss-reactive ketones (excluding diaryl/α,β-unsaturated/α-hetero) is 1. The third-order valence-corrected chi connectivity index (χ3v) is 2.38. The van der Waals surface area contributed by atoms with Gasteiger partial charge in [-0.15, -0.1) is 11.8 Å². The van der Waals surface area contributed by atoms with E-state index in [4.69, 9.17) is 0 Å². The summed E-state index contributed by atoms with van der Waals surface area (Å²) < 4.78 is 26.3. The van der Waals surface area contributed by atoms with Crippen LogP contribution in [-0.4, -0.2) is 12.0 Å². The molecule has 1 aromatic carbocycles. The molecule has 0 bridgehead atoms. The van der Waals surface area contributed by atoms with Crippen molar-refractivity contribution in [2.45, 2.75) is 11.8 Å². The van der Waals surface area contributed by atoms with Crippen molar-refractivity contribution in [2.75, 3.05) is 6.26 Å². The molecule has 0 aliphatic heterocycles. The fourth-order valence-corrected chi connectivity index (χ4v) is 1.50. The standard InChI is InChI=1S/C9H8F2OS/c1-5(12)8-6(10)3-4-7(13-2)9(8)11/h3-4H,1-2H3. The molecule has 0 radical (unpaired) electrons. The number of carbonyl (C=O) groups is 1. The van der Waals surface area contributed by atoms with Crippen LogP contribution in [0.5, 0.6) is 0 Å². The lowest BCUT2D eigenvalue weighted by molar-refractivity contribution is 0.100. The molecule has 13 heavy (non-hydrogen) atoms. The second kappa shape index (κ2) is 3.87. The fourth-order valence-electron chi connectivity index (χ4n) is 1.01. The van der Waals surface area contributed by atoms with Gasteiger partial charge in [-0.3, -0.25) is 4.79 Å². The third kappa shape index (κ3) is 1.88. The Morgan fingerprint density at radius 2 is 2.00 bits per heavy atom. The van der Waals surface area contributed by atoms with Crippen LogP contribution < -0.4 is 0 Å². The van der Waals surface area contributed by atoms with Crippen molar-refractivity contribution in [1.82, 2.24) is 0 Å². The van der Waals surface area contributed by atoms with Gasteiger partial charge in [-0.2, -0.15) is 0 Å².